The van der Waals surface area contributed by atoms with Crippen molar-refractivity contribution in [3.05, 3.63) is 29.8 Å². The zero-order valence-electron chi connectivity index (χ0n) is 7.05. The number of alkyl halides is 3. The second-order valence-electron chi connectivity index (χ2n) is 2.70. The van der Waals surface area contributed by atoms with E-state index in [1.165, 1.54) is 6.07 Å². The lowest BCUT2D eigenvalue weighted by Gasteiger charge is -2.17. The monoisotopic (exact) mass is 208 g/mol. The van der Waals surface area contributed by atoms with Crippen molar-refractivity contribution in [2.45, 2.75) is 12.1 Å². The average molecular weight is 208 g/mol. The van der Waals surface area contributed by atoms with Crippen molar-refractivity contribution in [2.75, 3.05) is 6.54 Å². The Kier molecular flexibility index (Phi) is 3.05. The summed E-state index contributed by atoms with van der Waals surface area (Å²) in [5.41, 5.74) is 4.28. The molecule has 1 heterocycles. The standard InChI is InChI=1S/C8H8F4N2/c9-6-2-1-3-14-7(6)5(4-13)8(10,11)12/h1-3,5H,4,13H2. The summed E-state index contributed by atoms with van der Waals surface area (Å²) in [6.45, 7) is -0.711. The lowest BCUT2D eigenvalue weighted by molar-refractivity contribution is -0.149. The minimum atomic E-state index is -4.57. The van der Waals surface area contributed by atoms with E-state index >= 15 is 0 Å². The molecule has 1 unspecified atom stereocenters. The highest BCUT2D eigenvalue weighted by Gasteiger charge is 2.41. The Bertz CT molecular complexity index is 310. The lowest BCUT2D eigenvalue weighted by atomic mass is 10.0. The van der Waals surface area contributed by atoms with E-state index in [0.717, 1.165) is 12.3 Å². The van der Waals surface area contributed by atoms with Crippen LogP contribution in [0, 0.1) is 5.82 Å². The molecule has 0 aliphatic rings. The van der Waals surface area contributed by atoms with Gasteiger partial charge in [-0.3, -0.25) is 4.98 Å². The van der Waals surface area contributed by atoms with Gasteiger partial charge in [-0.15, -0.1) is 0 Å². The molecule has 14 heavy (non-hydrogen) atoms. The Morgan fingerprint density at radius 1 is 1.43 bits per heavy atom. The van der Waals surface area contributed by atoms with Crippen LogP contribution in [0.4, 0.5) is 17.6 Å². The zero-order valence-corrected chi connectivity index (χ0v) is 7.05. The molecular weight excluding hydrogens is 200 g/mol. The molecule has 6 heteroatoms. The van der Waals surface area contributed by atoms with Gasteiger partial charge in [0.05, 0.1) is 5.69 Å². The smallest absolute Gasteiger partial charge is 0.329 e. The Balaban J connectivity index is 3.08. The molecule has 0 aliphatic carbocycles. The van der Waals surface area contributed by atoms with Crippen molar-refractivity contribution in [1.82, 2.24) is 4.98 Å². The van der Waals surface area contributed by atoms with Gasteiger partial charge in [0.1, 0.15) is 11.7 Å². The van der Waals surface area contributed by atoms with E-state index in [9.17, 15) is 17.6 Å². The minimum absolute atomic E-state index is 0.650. The van der Waals surface area contributed by atoms with Gasteiger partial charge >= 0.3 is 6.18 Å². The molecule has 2 nitrogen and oxygen atoms in total. The van der Waals surface area contributed by atoms with Gasteiger partial charge in [0.15, 0.2) is 0 Å². The van der Waals surface area contributed by atoms with Crippen LogP contribution < -0.4 is 5.73 Å². The summed E-state index contributed by atoms with van der Waals surface area (Å²) in [7, 11) is 0. The van der Waals surface area contributed by atoms with Gasteiger partial charge in [0, 0.05) is 12.7 Å². The highest BCUT2D eigenvalue weighted by Crippen LogP contribution is 2.33. The molecule has 0 bridgehead atoms. The Morgan fingerprint density at radius 3 is 2.50 bits per heavy atom. The maximum Gasteiger partial charge on any atom is 0.398 e. The van der Waals surface area contributed by atoms with Gasteiger partial charge in [-0.05, 0) is 12.1 Å². The van der Waals surface area contributed by atoms with Crippen LogP contribution in [-0.2, 0) is 0 Å². The fourth-order valence-corrected chi connectivity index (χ4v) is 1.05. The fraction of sp³-hybridized carbons (Fsp3) is 0.375. The van der Waals surface area contributed by atoms with Gasteiger partial charge in [-0.1, -0.05) is 0 Å². The Labute approximate surface area is 77.7 Å². The van der Waals surface area contributed by atoms with Crippen molar-refractivity contribution < 1.29 is 17.6 Å². The lowest BCUT2D eigenvalue weighted by Crippen LogP contribution is -2.29. The van der Waals surface area contributed by atoms with Gasteiger partial charge in [0.25, 0.3) is 0 Å². The van der Waals surface area contributed by atoms with E-state index in [1.807, 2.05) is 0 Å². The molecule has 1 atom stereocenters. The van der Waals surface area contributed by atoms with Crippen molar-refractivity contribution in [3.63, 3.8) is 0 Å². The summed E-state index contributed by atoms with van der Waals surface area (Å²) in [6, 6.07) is 2.15. The molecule has 1 aromatic rings. The van der Waals surface area contributed by atoms with Crippen LogP contribution in [0.1, 0.15) is 11.6 Å². The van der Waals surface area contributed by atoms with Gasteiger partial charge in [-0.2, -0.15) is 13.2 Å². The van der Waals surface area contributed by atoms with E-state index in [-0.39, 0.29) is 0 Å². The molecule has 1 rings (SSSR count). The predicted octanol–water partition coefficient (Wildman–Crippen LogP) is 1.83. The summed E-state index contributed by atoms with van der Waals surface area (Å²) < 4.78 is 49.8. The third-order valence-electron chi connectivity index (χ3n) is 1.75. The van der Waals surface area contributed by atoms with E-state index in [0.29, 0.717) is 0 Å². The first kappa shape index (κ1) is 10.9. The van der Waals surface area contributed by atoms with Gasteiger partial charge in [-0.25, -0.2) is 4.39 Å². The second-order valence-corrected chi connectivity index (χ2v) is 2.70. The summed E-state index contributed by atoms with van der Waals surface area (Å²) >= 11 is 0. The largest absolute Gasteiger partial charge is 0.398 e. The second kappa shape index (κ2) is 3.91. The number of hydrogen-bond acceptors (Lipinski definition) is 2. The molecule has 0 fully saturated rings. The normalized spacial score (nSPS) is 14.1. The molecule has 78 valence electrons. The molecule has 0 aliphatic heterocycles. The maximum atomic E-state index is 12.9. The van der Waals surface area contributed by atoms with Crippen molar-refractivity contribution in [2.24, 2.45) is 5.73 Å². The maximum absolute atomic E-state index is 12.9. The third kappa shape index (κ3) is 2.20. The van der Waals surface area contributed by atoms with Crippen molar-refractivity contribution in [3.8, 4) is 0 Å². The third-order valence-corrected chi connectivity index (χ3v) is 1.75. The molecule has 0 saturated carbocycles. The van der Waals surface area contributed by atoms with E-state index in [1.54, 1.807) is 0 Å². The SMILES string of the molecule is NCC(c1ncccc1F)C(F)(F)F. The molecule has 0 saturated heterocycles. The van der Waals surface area contributed by atoms with E-state index in [4.69, 9.17) is 5.73 Å². The van der Waals surface area contributed by atoms with Gasteiger partial charge < -0.3 is 5.73 Å². The summed E-state index contributed by atoms with van der Waals surface area (Å²) in [5.74, 6) is -3.02. The number of halogens is 4. The molecule has 0 radical (unpaired) electrons. The highest BCUT2D eigenvalue weighted by molar-refractivity contribution is 5.14. The molecular formula is C8H8F4N2. The number of hydrogen-bond donors (Lipinski definition) is 1. The number of aromatic nitrogens is 1. The zero-order chi connectivity index (χ0) is 10.8. The van der Waals surface area contributed by atoms with Crippen LogP contribution in [0.3, 0.4) is 0 Å². The average Bonchev–Trinajstić information content (AvgIpc) is 2.07. The number of nitrogens with zero attached hydrogens (tertiary/aromatic N) is 1. The molecule has 1 aromatic heterocycles. The topological polar surface area (TPSA) is 38.9 Å². The minimum Gasteiger partial charge on any atom is -0.329 e. The van der Waals surface area contributed by atoms with Crippen LogP contribution in [0.15, 0.2) is 18.3 Å². The van der Waals surface area contributed by atoms with Crippen LogP contribution in [-0.4, -0.2) is 17.7 Å². The van der Waals surface area contributed by atoms with Crippen LogP contribution in [0.2, 0.25) is 0 Å². The van der Waals surface area contributed by atoms with E-state index in [2.05, 4.69) is 4.98 Å². The first-order chi connectivity index (χ1) is 6.46. The number of pyridine rings is 1. The quantitative estimate of drug-likeness (QED) is 0.753. The molecule has 0 spiro atoms. The van der Waals surface area contributed by atoms with Crippen LogP contribution >= 0.6 is 0 Å². The number of rotatable bonds is 2. The molecule has 2 N–H and O–H groups in total. The van der Waals surface area contributed by atoms with Gasteiger partial charge in [0.2, 0.25) is 0 Å². The Hall–Kier alpha value is -1.17. The molecule has 0 amide bonds. The first-order valence-corrected chi connectivity index (χ1v) is 3.84. The summed E-state index contributed by atoms with van der Waals surface area (Å²) in [5, 5.41) is 0. The van der Waals surface area contributed by atoms with Crippen molar-refractivity contribution >= 4 is 0 Å². The molecule has 0 aromatic carbocycles. The Morgan fingerprint density at radius 2 is 2.07 bits per heavy atom. The fourth-order valence-electron chi connectivity index (χ4n) is 1.05. The predicted molar refractivity (Wildman–Crippen MR) is 42.0 cm³/mol. The van der Waals surface area contributed by atoms with Crippen LogP contribution in [0.5, 0.6) is 0 Å². The van der Waals surface area contributed by atoms with E-state index < -0.39 is 30.2 Å². The summed E-state index contributed by atoms with van der Waals surface area (Å²) in [4.78, 5) is 3.34. The van der Waals surface area contributed by atoms with Crippen LogP contribution in [0.25, 0.3) is 0 Å². The highest BCUT2D eigenvalue weighted by atomic mass is 19.4. The number of nitrogens with two attached hydrogens (primary N) is 1. The van der Waals surface area contributed by atoms with Crippen molar-refractivity contribution in [1.29, 1.82) is 0 Å². The summed E-state index contributed by atoms with van der Waals surface area (Å²) in [6.07, 6.45) is -3.46. The first-order valence-electron chi connectivity index (χ1n) is 3.84.